The number of amides is 1. The molecule has 1 rings (SSSR count). The van der Waals surface area contributed by atoms with Crippen molar-refractivity contribution in [2.45, 2.75) is 45.7 Å². The van der Waals surface area contributed by atoms with E-state index in [1.807, 2.05) is 32.9 Å². The summed E-state index contributed by atoms with van der Waals surface area (Å²) in [6.07, 6.45) is 1.84. The van der Waals surface area contributed by atoms with Gasteiger partial charge in [0.05, 0.1) is 7.11 Å². The van der Waals surface area contributed by atoms with Crippen LogP contribution in [0.4, 0.5) is 0 Å². The third-order valence-electron chi connectivity index (χ3n) is 3.62. The molecule has 0 aliphatic rings. The Morgan fingerprint density at radius 2 is 1.81 bits per heavy atom. The van der Waals surface area contributed by atoms with Gasteiger partial charge >= 0.3 is 0 Å². The van der Waals surface area contributed by atoms with Crippen molar-refractivity contribution in [3.63, 3.8) is 0 Å². The number of ether oxygens (including phenoxy) is 1. The molecule has 0 radical (unpaired) electrons. The Kier molecular flexibility index (Phi) is 9.06. The Labute approximate surface area is 133 Å². The van der Waals surface area contributed by atoms with Crippen LogP contribution in [-0.4, -0.2) is 25.1 Å². The molecule has 0 heterocycles. The maximum absolute atomic E-state index is 11.9. The van der Waals surface area contributed by atoms with Crippen molar-refractivity contribution in [3.05, 3.63) is 29.8 Å². The lowest BCUT2D eigenvalue weighted by molar-refractivity contribution is -0.125. The van der Waals surface area contributed by atoms with E-state index in [1.54, 1.807) is 7.11 Å². The fourth-order valence-electron chi connectivity index (χ4n) is 1.86. The van der Waals surface area contributed by atoms with Gasteiger partial charge in [-0.05, 0) is 44.4 Å². The highest BCUT2D eigenvalue weighted by Gasteiger charge is 2.18. The average molecular weight is 315 g/mol. The lowest BCUT2D eigenvalue weighted by Gasteiger charge is -2.19. The van der Waals surface area contributed by atoms with E-state index in [0.29, 0.717) is 0 Å². The maximum Gasteiger partial charge on any atom is 0.224 e. The zero-order valence-corrected chi connectivity index (χ0v) is 14.1. The molecule has 1 aromatic carbocycles. The van der Waals surface area contributed by atoms with E-state index in [1.165, 1.54) is 5.56 Å². The summed E-state index contributed by atoms with van der Waals surface area (Å²) in [4.78, 5) is 11.9. The van der Waals surface area contributed by atoms with Gasteiger partial charge < -0.3 is 15.8 Å². The minimum absolute atomic E-state index is 0. The van der Waals surface area contributed by atoms with Crippen LogP contribution in [0.15, 0.2) is 24.3 Å². The highest BCUT2D eigenvalue weighted by atomic mass is 35.5. The van der Waals surface area contributed by atoms with Crippen LogP contribution >= 0.6 is 12.4 Å². The Morgan fingerprint density at radius 3 is 2.29 bits per heavy atom. The third-order valence-corrected chi connectivity index (χ3v) is 3.62. The van der Waals surface area contributed by atoms with Crippen LogP contribution in [0.25, 0.3) is 0 Å². The minimum atomic E-state index is -0.154. The van der Waals surface area contributed by atoms with Gasteiger partial charge in [-0.25, -0.2) is 0 Å². The fraction of sp³-hybridized carbons (Fsp3) is 0.562. The lowest BCUT2D eigenvalue weighted by atomic mass is 10.0. The number of methoxy groups -OCH3 is 1. The fourth-order valence-corrected chi connectivity index (χ4v) is 1.86. The van der Waals surface area contributed by atoms with E-state index in [2.05, 4.69) is 17.4 Å². The zero-order valence-electron chi connectivity index (χ0n) is 13.3. The number of nitrogens with one attached hydrogen (secondary N) is 1. The van der Waals surface area contributed by atoms with Crippen LogP contribution in [0.5, 0.6) is 5.75 Å². The van der Waals surface area contributed by atoms with Crippen LogP contribution in [-0.2, 0) is 11.2 Å². The minimum Gasteiger partial charge on any atom is -0.497 e. The first kappa shape index (κ1) is 19.7. The number of aryl methyl sites for hydroxylation is 1. The molecule has 21 heavy (non-hydrogen) atoms. The Bertz CT molecular complexity index is 421. The quantitative estimate of drug-likeness (QED) is 0.813. The van der Waals surface area contributed by atoms with Gasteiger partial charge in [-0.15, -0.1) is 12.4 Å². The molecular weight excluding hydrogens is 288 g/mol. The van der Waals surface area contributed by atoms with Gasteiger partial charge in [0.2, 0.25) is 5.91 Å². The first-order valence-corrected chi connectivity index (χ1v) is 7.13. The number of halogens is 1. The van der Waals surface area contributed by atoms with E-state index < -0.39 is 0 Å². The summed E-state index contributed by atoms with van der Waals surface area (Å²) >= 11 is 0. The third kappa shape index (κ3) is 6.82. The molecule has 0 saturated carbocycles. The largest absolute Gasteiger partial charge is 0.497 e. The second-order valence-corrected chi connectivity index (χ2v) is 5.44. The van der Waals surface area contributed by atoms with Crippen molar-refractivity contribution in [1.82, 2.24) is 5.32 Å². The first-order chi connectivity index (χ1) is 9.43. The summed E-state index contributed by atoms with van der Waals surface area (Å²) in [6, 6.07) is 8.04. The van der Waals surface area contributed by atoms with Gasteiger partial charge in [0.25, 0.3) is 0 Å². The van der Waals surface area contributed by atoms with Crippen molar-refractivity contribution in [3.8, 4) is 5.75 Å². The molecule has 120 valence electrons. The molecule has 0 bridgehead atoms. The van der Waals surface area contributed by atoms with E-state index in [4.69, 9.17) is 10.5 Å². The van der Waals surface area contributed by atoms with Crippen molar-refractivity contribution in [2.24, 2.45) is 11.7 Å². The number of hydrogen-bond acceptors (Lipinski definition) is 3. The van der Waals surface area contributed by atoms with E-state index in [0.717, 1.165) is 18.6 Å². The monoisotopic (exact) mass is 314 g/mol. The van der Waals surface area contributed by atoms with Crippen molar-refractivity contribution in [1.29, 1.82) is 0 Å². The summed E-state index contributed by atoms with van der Waals surface area (Å²) in [6.45, 7) is 5.73. The zero-order chi connectivity index (χ0) is 15.1. The molecule has 3 N–H and O–H groups in total. The van der Waals surface area contributed by atoms with Crippen molar-refractivity contribution in [2.75, 3.05) is 7.11 Å². The molecule has 1 amide bonds. The topological polar surface area (TPSA) is 64.3 Å². The number of rotatable bonds is 7. The van der Waals surface area contributed by atoms with Gasteiger partial charge in [-0.1, -0.05) is 19.1 Å². The predicted octanol–water partition coefficient (Wildman–Crippen LogP) is 2.54. The number of carbonyl (C=O) groups excluding carboxylic acids is 1. The Morgan fingerprint density at radius 1 is 1.24 bits per heavy atom. The summed E-state index contributed by atoms with van der Waals surface area (Å²) in [5.41, 5.74) is 6.97. The molecule has 0 aromatic heterocycles. The SMILES string of the molecule is COc1ccc(CCC(C)NC(=O)C(C)C(C)N)cc1.Cl. The second-order valence-electron chi connectivity index (χ2n) is 5.44. The number of hydrogen-bond donors (Lipinski definition) is 2. The van der Waals surface area contributed by atoms with Gasteiger partial charge in [0.1, 0.15) is 5.75 Å². The van der Waals surface area contributed by atoms with Crippen LogP contribution in [0.3, 0.4) is 0 Å². The van der Waals surface area contributed by atoms with Crippen LogP contribution in [0.2, 0.25) is 0 Å². The van der Waals surface area contributed by atoms with Gasteiger partial charge in [0.15, 0.2) is 0 Å². The average Bonchev–Trinajstić information content (AvgIpc) is 2.44. The molecule has 0 aliphatic carbocycles. The number of benzene rings is 1. The molecule has 5 heteroatoms. The molecular formula is C16H27ClN2O2. The standard InChI is InChI=1S/C16H26N2O2.ClH/c1-11(18-16(19)12(2)13(3)17)5-6-14-7-9-15(20-4)10-8-14;/h7-13H,5-6,17H2,1-4H3,(H,18,19);1H. The number of carbonyl (C=O) groups is 1. The molecule has 3 atom stereocenters. The molecule has 3 unspecified atom stereocenters. The number of nitrogens with two attached hydrogens (primary N) is 1. The highest BCUT2D eigenvalue weighted by molar-refractivity contribution is 5.85. The van der Waals surface area contributed by atoms with Gasteiger partial charge in [-0.3, -0.25) is 4.79 Å². The van der Waals surface area contributed by atoms with E-state index in [9.17, 15) is 4.79 Å². The summed E-state index contributed by atoms with van der Waals surface area (Å²) < 4.78 is 5.13. The van der Waals surface area contributed by atoms with E-state index >= 15 is 0 Å². The predicted molar refractivity (Wildman–Crippen MR) is 89.0 cm³/mol. The maximum atomic E-state index is 11.9. The molecule has 4 nitrogen and oxygen atoms in total. The van der Waals surface area contributed by atoms with Gasteiger partial charge in [-0.2, -0.15) is 0 Å². The highest BCUT2D eigenvalue weighted by Crippen LogP contribution is 2.13. The summed E-state index contributed by atoms with van der Waals surface area (Å²) in [5.74, 6) is 0.738. The van der Waals surface area contributed by atoms with Gasteiger partial charge in [0, 0.05) is 18.0 Å². The molecule has 0 spiro atoms. The Hall–Kier alpha value is -1.26. The normalized spacial score (nSPS) is 14.5. The molecule has 0 saturated heterocycles. The summed E-state index contributed by atoms with van der Waals surface area (Å²) in [7, 11) is 1.66. The summed E-state index contributed by atoms with van der Waals surface area (Å²) in [5, 5.41) is 3.01. The van der Waals surface area contributed by atoms with Crippen LogP contribution < -0.4 is 15.8 Å². The van der Waals surface area contributed by atoms with E-state index in [-0.39, 0.29) is 36.3 Å². The van der Waals surface area contributed by atoms with Crippen LogP contribution in [0.1, 0.15) is 32.8 Å². The molecule has 0 aliphatic heterocycles. The lowest BCUT2D eigenvalue weighted by Crippen LogP contribution is -2.42. The van der Waals surface area contributed by atoms with Crippen molar-refractivity contribution < 1.29 is 9.53 Å². The Balaban J connectivity index is 0.00000400. The smallest absolute Gasteiger partial charge is 0.224 e. The van der Waals surface area contributed by atoms with Crippen LogP contribution in [0, 0.1) is 5.92 Å². The first-order valence-electron chi connectivity index (χ1n) is 7.13. The second kappa shape index (κ2) is 9.64. The molecule has 0 fully saturated rings. The van der Waals surface area contributed by atoms with Crippen molar-refractivity contribution >= 4 is 18.3 Å². The molecule has 1 aromatic rings.